The maximum Gasteiger partial charge on any atom is 0.266 e. The minimum atomic E-state index is -0.0472. The van der Waals surface area contributed by atoms with E-state index in [2.05, 4.69) is 41.4 Å². The number of rotatable bonds is 5. The van der Waals surface area contributed by atoms with Crippen molar-refractivity contribution >= 4 is 57.2 Å². The fourth-order valence-corrected chi connectivity index (χ4v) is 4.20. The van der Waals surface area contributed by atoms with Gasteiger partial charge in [-0.15, -0.1) is 0 Å². The molecule has 3 rings (SSSR count). The Morgan fingerprint density at radius 2 is 1.96 bits per heavy atom. The second-order valence-corrected chi connectivity index (χ2v) is 8.89. The average molecular weight is 508 g/mol. The van der Waals surface area contributed by atoms with Crippen molar-refractivity contribution in [3.63, 3.8) is 0 Å². The number of hydrogen-bond donors (Lipinski definition) is 1. The van der Waals surface area contributed by atoms with Crippen molar-refractivity contribution in [1.29, 1.82) is 0 Å². The second kappa shape index (κ2) is 9.00. The van der Waals surface area contributed by atoms with Crippen molar-refractivity contribution in [3.8, 4) is 11.5 Å². The van der Waals surface area contributed by atoms with E-state index >= 15 is 0 Å². The summed E-state index contributed by atoms with van der Waals surface area (Å²) in [6, 6.07) is 12.7. The molecule has 28 heavy (non-hydrogen) atoms. The lowest BCUT2D eigenvalue weighted by Gasteiger charge is -2.17. The van der Waals surface area contributed by atoms with Crippen molar-refractivity contribution in [1.82, 2.24) is 4.90 Å². The molecule has 2 aromatic rings. The zero-order valence-electron chi connectivity index (χ0n) is 15.8. The fourth-order valence-electron chi connectivity index (χ4n) is 2.65. The van der Waals surface area contributed by atoms with E-state index in [1.807, 2.05) is 36.4 Å². The largest absolute Gasteiger partial charge is 0.507 e. The van der Waals surface area contributed by atoms with E-state index in [9.17, 15) is 9.90 Å². The van der Waals surface area contributed by atoms with E-state index in [1.165, 1.54) is 11.8 Å². The fraction of sp³-hybridized carbons (Fsp3) is 0.238. The van der Waals surface area contributed by atoms with Crippen molar-refractivity contribution in [2.75, 3.05) is 13.7 Å². The van der Waals surface area contributed by atoms with Crippen LogP contribution in [-0.2, 0) is 4.79 Å². The second-order valence-electron chi connectivity index (χ2n) is 6.72. The molecule has 5 nitrogen and oxygen atoms in total. The van der Waals surface area contributed by atoms with E-state index < -0.39 is 0 Å². The maximum absolute atomic E-state index is 13.0. The summed E-state index contributed by atoms with van der Waals surface area (Å²) in [5, 5.41) is 10.4. The number of thioether (sulfide) groups is 1. The van der Waals surface area contributed by atoms with Gasteiger partial charge in [-0.2, -0.15) is 0 Å². The van der Waals surface area contributed by atoms with Crippen molar-refractivity contribution in [2.45, 2.75) is 13.8 Å². The molecular formula is C21H21IN2O3S. The Kier molecular flexibility index (Phi) is 6.66. The predicted molar refractivity (Wildman–Crippen MR) is 123 cm³/mol. The number of methoxy groups -OCH3 is 1. The number of halogens is 1. The molecule has 1 N–H and O–H groups in total. The molecule has 2 aromatic carbocycles. The molecule has 0 radical (unpaired) electrons. The summed E-state index contributed by atoms with van der Waals surface area (Å²) in [5.74, 6) is 1.27. The SMILES string of the molecule is COc1ccc(N=C2SC(=Cc3ccc(O)c(I)c3)C(=O)N2CC(C)C)cc1. The normalized spacial score (nSPS) is 17.2. The van der Waals surface area contributed by atoms with Crippen LogP contribution in [0.4, 0.5) is 5.69 Å². The zero-order valence-corrected chi connectivity index (χ0v) is 18.8. The molecule has 0 atom stereocenters. The van der Waals surface area contributed by atoms with Gasteiger partial charge in [-0.25, -0.2) is 4.99 Å². The van der Waals surface area contributed by atoms with Crippen LogP contribution in [0.15, 0.2) is 52.4 Å². The van der Waals surface area contributed by atoms with Gasteiger partial charge in [-0.1, -0.05) is 19.9 Å². The van der Waals surface area contributed by atoms with Gasteiger partial charge < -0.3 is 9.84 Å². The number of phenolic OH excluding ortho intramolecular Hbond substituents is 1. The smallest absolute Gasteiger partial charge is 0.266 e. The highest BCUT2D eigenvalue weighted by Gasteiger charge is 2.33. The molecule has 0 spiro atoms. The number of amidine groups is 1. The molecule has 7 heteroatoms. The topological polar surface area (TPSA) is 62.1 Å². The highest BCUT2D eigenvalue weighted by Crippen LogP contribution is 2.35. The number of carbonyl (C=O) groups excluding carboxylic acids is 1. The van der Waals surface area contributed by atoms with Gasteiger partial charge in [-0.3, -0.25) is 9.69 Å². The molecule has 1 heterocycles. The quantitative estimate of drug-likeness (QED) is 0.442. The highest BCUT2D eigenvalue weighted by atomic mass is 127. The summed E-state index contributed by atoms with van der Waals surface area (Å²) in [7, 11) is 1.62. The number of amides is 1. The summed E-state index contributed by atoms with van der Waals surface area (Å²) in [6.45, 7) is 4.76. The lowest BCUT2D eigenvalue weighted by molar-refractivity contribution is -0.122. The van der Waals surface area contributed by atoms with Crippen LogP contribution in [0.3, 0.4) is 0 Å². The molecule has 1 aliphatic rings. The Morgan fingerprint density at radius 3 is 2.57 bits per heavy atom. The molecule has 1 fully saturated rings. The minimum absolute atomic E-state index is 0.0472. The number of aromatic hydroxyl groups is 1. The Balaban J connectivity index is 1.94. The van der Waals surface area contributed by atoms with Crippen LogP contribution in [0.1, 0.15) is 19.4 Å². The molecule has 0 saturated carbocycles. The number of nitrogens with zero attached hydrogens (tertiary/aromatic N) is 2. The Bertz CT molecular complexity index is 939. The molecule has 0 aromatic heterocycles. The Labute approximate surface area is 182 Å². The van der Waals surface area contributed by atoms with Gasteiger partial charge in [-0.05, 0) is 88.3 Å². The van der Waals surface area contributed by atoms with Gasteiger partial charge in [0.1, 0.15) is 11.5 Å². The zero-order chi connectivity index (χ0) is 20.3. The summed E-state index contributed by atoms with van der Waals surface area (Å²) >= 11 is 3.44. The molecular weight excluding hydrogens is 487 g/mol. The Hall–Kier alpha value is -2.00. The number of phenols is 1. The average Bonchev–Trinajstić information content (AvgIpc) is 2.94. The minimum Gasteiger partial charge on any atom is -0.507 e. The number of hydrogen-bond acceptors (Lipinski definition) is 5. The number of benzene rings is 2. The van der Waals surface area contributed by atoms with E-state index in [4.69, 9.17) is 4.74 Å². The van der Waals surface area contributed by atoms with Gasteiger partial charge in [0.05, 0.1) is 21.3 Å². The van der Waals surface area contributed by atoms with E-state index in [0.29, 0.717) is 22.5 Å². The Morgan fingerprint density at radius 1 is 1.25 bits per heavy atom. The lowest BCUT2D eigenvalue weighted by atomic mass is 10.2. The lowest BCUT2D eigenvalue weighted by Crippen LogP contribution is -2.32. The standard InChI is InChI=1S/C21H21IN2O3S/c1-13(2)12-24-20(26)19(11-14-4-9-18(25)17(22)10-14)28-21(24)23-15-5-7-16(27-3)8-6-15/h4-11,13,25H,12H2,1-3H3. The molecule has 1 amide bonds. The molecule has 0 aliphatic carbocycles. The summed E-state index contributed by atoms with van der Waals surface area (Å²) < 4.78 is 5.93. The molecule has 146 valence electrons. The molecule has 1 aliphatic heterocycles. The van der Waals surface area contributed by atoms with Gasteiger partial charge >= 0.3 is 0 Å². The summed E-state index contributed by atoms with van der Waals surface area (Å²) in [4.78, 5) is 20.0. The van der Waals surface area contributed by atoms with Crippen molar-refractivity contribution in [2.24, 2.45) is 10.9 Å². The third kappa shape index (κ3) is 4.88. The molecule has 0 bridgehead atoms. The van der Waals surface area contributed by atoms with Crippen molar-refractivity contribution in [3.05, 3.63) is 56.5 Å². The van der Waals surface area contributed by atoms with Gasteiger partial charge in [0, 0.05) is 6.54 Å². The monoisotopic (exact) mass is 508 g/mol. The molecule has 0 unspecified atom stereocenters. The first-order valence-corrected chi connectivity index (χ1v) is 10.7. The highest BCUT2D eigenvalue weighted by molar-refractivity contribution is 14.1. The van der Waals surface area contributed by atoms with Gasteiger partial charge in [0.2, 0.25) is 0 Å². The third-order valence-corrected chi connectivity index (χ3v) is 5.87. The maximum atomic E-state index is 13.0. The predicted octanol–water partition coefficient (Wildman–Crippen LogP) is 5.27. The van der Waals surface area contributed by atoms with Crippen LogP contribution >= 0.6 is 34.4 Å². The van der Waals surface area contributed by atoms with E-state index in [-0.39, 0.29) is 11.7 Å². The number of aliphatic imine (C=N–C) groups is 1. The van der Waals surface area contributed by atoms with Gasteiger partial charge in [0.15, 0.2) is 5.17 Å². The number of ether oxygens (including phenoxy) is 1. The van der Waals surface area contributed by atoms with Crippen LogP contribution in [0.25, 0.3) is 6.08 Å². The van der Waals surface area contributed by atoms with Crippen LogP contribution in [0.2, 0.25) is 0 Å². The van der Waals surface area contributed by atoms with Crippen LogP contribution in [-0.4, -0.2) is 34.7 Å². The van der Waals surface area contributed by atoms with Gasteiger partial charge in [0.25, 0.3) is 5.91 Å². The third-order valence-electron chi connectivity index (χ3n) is 4.00. The van der Waals surface area contributed by atoms with Crippen LogP contribution in [0, 0.1) is 9.49 Å². The first-order valence-electron chi connectivity index (χ1n) is 8.80. The first-order chi connectivity index (χ1) is 13.4. The summed E-state index contributed by atoms with van der Waals surface area (Å²) in [6.07, 6.45) is 1.85. The van der Waals surface area contributed by atoms with Crippen LogP contribution in [0.5, 0.6) is 11.5 Å². The van der Waals surface area contributed by atoms with Crippen molar-refractivity contribution < 1.29 is 14.6 Å². The first kappa shape index (κ1) is 20.7. The van der Waals surface area contributed by atoms with Crippen LogP contribution < -0.4 is 4.74 Å². The molecule has 1 saturated heterocycles. The number of carbonyl (C=O) groups is 1. The van der Waals surface area contributed by atoms with E-state index in [0.717, 1.165) is 20.6 Å². The summed E-state index contributed by atoms with van der Waals surface area (Å²) in [5.41, 5.74) is 1.64. The van der Waals surface area contributed by atoms with E-state index in [1.54, 1.807) is 24.1 Å².